The lowest BCUT2D eigenvalue weighted by atomic mass is 10.1. The van der Waals surface area contributed by atoms with Crippen LogP contribution in [0.4, 0.5) is 13.2 Å². The largest absolute Gasteiger partial charge is 0.496 e. The minimum absolute atomic E-state index is 0.0629. The van der Waals surface area contributed by atoms with Crippen LogP contribution in [0.3, 0.4) is 0 Å². The minimum Gasteiger partial charge on any atom is -0.496 e. The van der Waals surface area contributed by atoms with Crippen LogP contribution >= 0.6 is 0 Å². The molecule has 2 amide bonds. The van der Waals surface area contributed by atoms with Gasteiger partial charge in [-0.2, -0.15) is 13.2 Å². The summed E-state index contributed by atoms with van der Waals surface area (Å²) in [4.78, 5) is 30.3. The van der Waals surface area contributed by atoms with Gasteiger partial charge in [0.25, 0.3) is 11.8 Å². The number of hydrogen-bond donors (Lipinski definition) is 1. The van der Waals surface area contributed by atoms with Crippen LogP contribution in [-0.4, -0.2) is 48.0 Å². The Morgan fingerprint density at radius 3 is 2.43 bits per heavy atom. The number of rotatable bonds is 6. The van der Waals surface area contributed by atoms with Crippen molar-refractivity contribution in [3.63, 3.8) is 0 Å². The number of nitrogens with one attached hydrogen (secondary N) is 1. The number of amidine groups is 1. The predicted molar refractivity (Wildman–Crippen MR) is 104 cm³/mol. The molecule has 0 radical (unpaired) electrons. The highest BCUT2D eigenvalue weighted by Gasteiger charge is 2.67. The second-order valence-electron chi connectivity index (χ2n) is 6.37. The molecule has 1 aliphatic heterocycles. The van der Waals surface area contributed by atoms with Crippen LogP contribution in [0.1, 0.15) is 15.9 Å². The third-order valence-corrected chi connectivity index (χ3v) is 4.48. The molecule has 0 aliphatic carbocycles. The first kappa shape index (κ1) is 21.1. The summed E-state index contributed by atoms with van der Waals surface area (Å²) in [6.07, 6.45) is -3.91. The fourth-order valence-electron chi connectivity index (χ4n) is 3.07. The Balaban J connectivity index is 2.12. The summed E-state index contributed by atoms with van der Waals surface area (Å²) in [5.41, 5.74) is -3.33. The predicted octanol–water partition coefficient (Wildman–Crippen LogP) is 3.16. The lowest BCUT2D eigenvalue weighted by Gasteiger charge is -2.29. The van der Waals surface area contributed by atoms with Crippen LogP contribution in [0.25, 0.3) is 0 Å². The first-order valence-electron chi connectivity index (χ1n) is 8.85. The maximum Gasteiger partial charge on any atom is 0.442 e. The van der Waals surface area contributed by atoms with Crippen LogP contribution in [0.15, 0.2) is 72.2 Å². The number of aliphatic imine (C=N–C) groups is 1. The SMILES string of the molecule is C=CCN1C(=O)[C@](NC(=O)c2ccccc2OC)(C(F)(F)F)N=C1c1ccccc1. The number of methoxy groups -OCH3 is 1. The Bertz CT molecular complexity index is 1010. The topological polar surface area (TPSA) is 71.0 Å². The van der Waals surface area contributed by atoms with Gasteiger partial charge in [-0.1, -0.05) is 48.5 Å². The van der Waals surface area contributed by atoms with Crippen molar-refractivity contribution in [3.8, 4) is 5.75 Å². The zero-order valence-electron chi connectivity index (χ0n) is 15.9. The van der Waals surface area contributed by atoms with Gasteiger partial charge in [0.05, 0.1) is 12.7 Å². The number of alkyl halides is 3. The van der Waals surface area contributed by atoms with Gasteiger partial charge in [-0.15, -0.1) is 6.58 Å². The summed E-state index contributed by atoms with van der Waals surface area (Å²) < 4.78 is 47.6. The smallest absolute Gasteiger partial charge is 0.442 e. The van der Waals surface area contributed by atoms with E-state index in [1.54, 1.807) is 29.6 Å². The number of hydrogen-bond acceptors (Lipinski definition) is 4. The fraction of sp³-hybridized carbons (Fsp3) is 0.190. The van der Waals surface area contributed by atoms with Gasteiger partial charge in [0.1, 0.15) is 11.6 Å². The zero-order chi connectivity index (χ0) is 21.9. The molecule has 0 saturated carbocycles. The third kappa shape index (κ3) is 3.54. The van der Waals surface area contributed by atoms with Crippen molar-refractivity contribution in [2.75, 3.05) is 13.7 Å². The molecule has 1 N–H and O–H groups in total. The molecule has 0 fully saturated rings. The number of carbonyl (C=O) groups excluding carboxylic acids is 2. The highest BCUT2D eigenvalue weighted by atomic mass is 19.4. The summed E-state index contributed by atoms with van der Waals surface area (Å²) in [5, 5.41) is 1.80. The van der Waals surface area contributed by atoms with E-state index in [1.165, 1.54) is 43.5 Å². The molecule has 0 unspecified atom stereocenters. The number of carbonyl (C=O) groups is 2. The average molecular weight is 417 g/mol. The number of halogens is 3. The van der Waals surface area contributed by atoms with Gasteiger partial charge in [-0.25, -0.2) is 4.99 Å². The molecule has 0 saturated heterocycles. The molecule has 1 atom stereocenters. The second-order valence-corrected chi connectivity index (χ2v) is 6.37. The Morgan fingerprint density at radius 2 is 1.83 bits per heavy atom. The van der Waals surface area contributed by atoms with E-state index in [-0.39, 0.29) is 23.7 Å². The Hall–Kier alpha value is -3.62. The summed E-state index contributed by atoms with van der Waals surface area (Å²) in [7, 11) is 1.28. The summed E-state index contributed by atoms with van der Waals surface area (Å²) in [5.74, 6) is -2.71. The standard InChI is InChI=1S/C21H18F3N3O3/c1-3-13-27-17(14-9-5-4-6-10-14)25-20(19(27)29,21(22,23)24)26-18(28)15-11-7-8-12-16(15)30-2/h3-12H,1,13H2,2H3,(H,26,28)/t20-/m0/s1. The van der Waals surface area contributed by atoms with Gasteiger partial charge in [0.2, 0.25) is 0 Å². The maximum atomic E-state index is 14.2. The van der Waals surface area contributed by atoms with Crippen molar-refractivity contribution in [2.45, 2.75) is 11.8 Å². The summed E-state index contributed by atoms with van der Waals surface area (Å²) >= 11 is 0. The molecule has 1 aliphatic rings. The number of ether oxygens (including phenoxy) is 1. The first-order chi connectivity index (χ1) is 14.2. The molecule has 6 nitrogen and oxygen atoms in total. The normalized spacial score (nSPS) is 18.7. The van der Waals surface area contributed by atoms with Crippen molar-refractivity contribution in [1.29, 1.82) is 0 Å². The van der Waals surface area contributed by atoms with Crippen LogP contribution in [0.5, 0.6) is 5.75 Å². The van der Waals surface area contributed by atoms with E-state index in [0.717, 1.165) is 4.90 Å². The monoisotopic (exact) mass is 417 g/mol. The molecule has 0 bridgehead atoms. The zero-order valence-corrected chi connectivity index (χ0v) is 15.9. The van der Waals surface area contributed by atoms with Gasteiger partial charge in [-0.05, 0) is 12.1 Å². The van der Waals surface area contributed by atoms with E-state index in [0.29, 0.717) is 5.56 Å². The summed E-state index contributed by atoms with van der Waals surface area (Å²) in [6.45, 7) is 3.28. The minimum atomic E-state index is -5.20. The van der Waals surface area contributed by atoms with E-state index in [2.05, 4.69) is 11.6 Å². The van der Waals surface area contributed by atoms with Gasteiger partial charge in [0, 0.05) is 12.1 Å². The van der Waals surface area contributed by atoms with Gasteiger partial charge in [-0.3, -0.25) is 14.5 Å². The van der Waals surface area contributed by atoms with Crippen LogP contribution in [0.2, 0.25) is 0 Å². The van der Waals surface area contributed by atoms with Crippen molar-refractivity contribution < 1.29 is 27.5 Å². The van der Waals surface area contributed by atoms with E-state index < -0.39 is 23.7 Å². The quantitative estimate of drug-likeness (QED) is 0.734. The van der Waals surface area contributed by atoms with Gasteiger partial charge in [0.15, 0.2) is 0 Å². The van der Waals surface area contributed by atoms with Crippen LogP contribution in [-0.2, 0) is 4.79 Å². The fourth-order valence-corrected chi connectivity index (χ4v) is 3.07. The number of para-hydroxylation sites is 1. The molecular weight excluding hydrogens is 399 g/mol. The molecule has 9 heteroatoms. The van der Waals surface area contributed by atoms with E-state index >= 15 is 0 Å². The molecule has 0 spiro atoms. The lowest BCUT2D eigenvalue weighted by Crippen LogP contribution is -2.63. The van der Waals surface area contributed by atoms with Crippen LogP contribution in [0, 0.1) is 0 Å². The van der Waals surface area contributed by atoms with E-state index in [9.17, 15) is 22.8 Å². The van der Waals surface area contributed by atoms with Crippen molar-refractivity contribution in [1.82, 2.24) is 10.2 Å². The molecule has 30 heavy (non-hydrogen) atoms. The van der Waals surface area contributed by atoms with E-state index in [4.69, 9.17) is 4.74 Å². The average Bonchev–Trinajstić information content (AvgIpc) is 3.02. The number of nitrogens with zero attached hydrogens (tertiary/aromatic N) is 2. The molecule has 0 aromatic heterocycles. The lowest BCUT2D eigenvalue weighted by molar-refractivity contribution is -0.196. The molecule has 1 heterocycles. The Labute approximate surface area is 170 Å². The molecule has 156 valence electrons. The molecule has 2 aromatic carbocycles. The van der Waals surface area contributed by atoms with Gasteiger partial charge >= 0.3 is 11.8 Å². The van der Waals surface area contributed by atoms with E-state index in [1.807, 2.05) is 0 Å². The highest BCUT2D eigenvalue weighted by molar-refractivity contribution is 6.17. The number of amides is 2. The Kier molecular flexibility index (Phi) is 5.64. The maximum absolute atomic E-state index is 14.2. The van der Waals surface area contributed by atoms with Crippen molar-refractivity contribution >= 4 is 17.6 Å². The Morgan fingerprint density at radius 1 is 1.20 bits per heavy atom. The highest BCUT2D eigenvalue weighted by Crippen LogP contribution is 2.39. The second kappa shape index (κ2) is 8.02. The van der Waals surface area contributed by atoms with Gasteiger partial charge < -0.3 is 10.1 Å². The van der Waals surface area contributed by atoms with Crippen molar-refractivity contribution in [2.24, 2.45) is 4.99 Å². The molecule has 2 aromatic rings. The third-order valence-electron chi connectivity index (χ3n) is 4.48. The van der Waals surface area contributed by atoms with Crippen LogP contribution < -0.4 is 10.1 Å². The first-order valence-corrected chi connectivity index (χ1v) is 8.85. The molecule has 3 rings (SSSR count). The van der Waals surface area contributed by atoms with Crippen molar-refractivity contribution in [3.05, 3.63) is 78.4 Å². The number of benzene rings is 2. The summed E-state index contributed by atoms with van der Waals surface area (Å²) in [6, 6.07) is 13.7. The molecular formula is C21H18F3N3O3.